The first-order chi connectivity index (χ1) is 18.3. The largest absolute Gasteiger partial charge is 0.494 e. The number of aryl methyl sites for hydroxylation is 1. The zero-order valence-electron chi connectivity index (χ0n) is 22.5. The van der Waals surface area contributed by atoms with Crippen LogP contribution >= 0.6 is 0 Å². The summed E-state index contributed by atoms with van der Waals surface area (Å²) in [5.74, 6) is 0.917. The molecule has 38 heavy (non-hydrogen) atoms. The minimum absolute atomic E-state index is 0.292. The van der Waals surface area contributed by atoms with E-state index in [1.807, 2.05) is 55.3 Å². The lowest BCUT2D eigenvalue weighted by Gasteiger charge is -2.25. The van der Waals surface area contributed by atoms with Crippen LogP contribution in [0.2, 0.25) is 0 Å². The fourth-order valence-electron chi connectivity index (χ4n) is 4.22. The van der Waals surface area contributed by atoms with Crippen LogP contribution in [0.5, 0.6) is 5.75 Å². The van der Waals surface area contributed by atoms with Gasteiger partial charge in [-0.2, -0.15) is 5.10 Å². The normalized spacial score (nSPS) is 11.0. The Morgan fingerprint density at radius 3 is 2.66 bits per heavy atom. The lowest BCUT2D eigenvalue weighted by atomic mass is 10.1. The van der Waals surface area contributed by atoms with Gasteiger partial charge in [0, 0.05) is 43.7 Å². The zero-order chi connectivity index (χ0) is 27.2. The van der Waals surface area contributed by atoms with Crippen molar-refractivity contribution in [1.29, 1.82) is 0 Å². The summed E-state index contributed by atoms with van der Waals surface area (Å²) in [4.78, 5) is 25.4. The highest BCUT2D eigenvalue weighted by molar-refractivity contribution is 6.02. The molecule has 2 heterocycles. The number of rotatable bonds is 11. The number of nitrogens with zero attached hydrogens (tertiary/aromatic N) is 6. The molecule has 0 aliphatic rings. The summed E-state index contributed by atoms with van der Waals surface area (Å²) < 4.78 is 7.56. The van der Waals surface area contributed by atoms with E-state index in [1.54, 1.807) is 7.11 Å². The number of aromatic nitrogens is 4. The third kappa shape index (κ3) is 6.09. The fourth-order valence-corrected chi connectivity index (χ4v) is 4.22. The first-order valence-corrected chi connectivity index (χ1v) is 12.3. The summed E-state index contributed by atoms with van der Waals surface area (Å²) in [6.07, 6.45) is 5.57. The Kier molecular flexibility index (Phi) is 8.22. The molecule has 1 amide bonds. The number of hydrogen-bond acceptors (Lipinski definition) is 8. The van der Waals surface area contributed by atoms with Crippen molar-refractivity contribution in [2.24, 2.45) is 7.05 Å². The predicted molar refractivity (Wildman–Crippen MR) is 153 cm³/mol. The van der Waals surface area contributed by atoms with Crippen LogP contribution in [-0.4, -0.2) is 71.9 Å². The average molecular weight is 515 g/mol. The van der Waals surface area contributed by atoms with E-state index in [9.17, 15) is 4.79 Å². The Balaban J connectivity index is 1.65. The van der Waals surface area contributed by atoms with Crippen molar-refractivity contribution in [3.63, 3.8) is 0 Å². The monoisotopic (exact) mass is 514 g/mol. The number of amides is 1. The highest BCUT2D eigenvalue weighted by Gasteiger charge is 2.16. The van der Waals surface area contributed by atoms with Gasteiger partial charge in [-0.1, -0.05) is 12.6 Å². The summed E-state index contributed by atoms with van der Waals surface area (Å²) in [6.45, 7) is 5.35. The molecule has 0 atom stereocenters. The van der Waals surface area contributed by atoms with Gasteiger partial charge < -0.3 is 25.2 Å². The number of anilines is 4. The van der Waals surface area contributed by atoms with Gasteiger partial charge in [0.05, 0.1) is 41.6 Å². The van der Waals surface area contributed by atoms with Gasteiger partial charge in [-0.15, -0.1) is 0 Å². The number of benzene rings is 2. The molecule has 0 unspecified atom stereocenters. The molecule has 0 radical (unpaired) electrons. The average Bonchev–Trinajstić information content (AvgIpc) is 3.28. The summed E-state index contributed by atoms with van der Waals surface area (Å²) >= 11 is 0. The second-order valence-corrected chi connectivity index (χ2v) is 9.30. The Labute approximate surface area is 222 Å². The molecular weight excluding hydrogens is 480 g/mol. The topological polar surface area (TPSA) is 100 Å². The summed E-state index contributed by atoms with van der Waals surface area (Å²) in [5, 5.41) is 11.6. The maximum absolute atomic E-state index is 12.2. The van der Waals surface area contributed by atoms with Crippen LogP contribution in [0.15, 0.2) is 61.6 Å². The minimum Gasteiger partial charge on any atom is -0.494 e. The second kappa shape index (κ2) is 11.7. The van der Waals surface area contributed by atoms with Crippen LogP contribution in [0.1, 0.15) is 6.42 Å². The van der Waals surface area contributed by atoms with E-state index in [0.29, 0.717) is 22.9 Å². The smallest absolute Gasteiger partial charge is 0.247 e. The molecule has 2 aromatic heterocycles. The van der Waals surface area contributed by atoms with Crippen molar-refractivity contribution in [3.05, 3.63) is 61.6 Å². The molecule has 0 saturated heterocycles. The van der Waals surface area contributed by atoms with Gasteiger partial charge in [-0.3, -0.25) is 9.48 Å². The fraction of sp³-hybridized carbons (Fsp3) is 0.286. The SMILES string of the molecule is C=CC(=O)Nc1cc(Nc2cc(-c3ccc4c(cnn4C)c3)ncn2)c(OC)cc1N(C)CCCN(C)C. The predicted octanol–water partition coefficient (Wildman–Crippen LogP) is 4.29. The number of hydrogen-bond donors (Lipinski definition) is 2. The number of methoxy groups -OCH3 is 1. The molecule has 0 fully saturated rings. The number of nitrogens with one attached hydrogen (secondary N) is 2. The molecule has 4 aromatic rings. The van der Waals surface area contributed by atoms with Gasteiger partial charge in [-0.05, 0) is 51.3 Å². The van der Waals surface area contributed by atoms with Gasteiger partial charge in [-0.25, -0.2) is 9.97 Å². The Morgan fingerprint density at radius 1 is 1.11 bits per heavy atom. The molecule has 0 spiro atoms. The maximum atomic E-state index is 12.2. The number of carbonyl (C=O) groups excluding carboxylic acids is 1. The van der Waals surface area contributed by atoms with Crippen molar-refractivity contribution in [2.45, 2.75) is 6.42 Å². The van der Waals surface area contributed by atoms with Crippen LogP contribution in [0.25, 0.3) is 22.2 Å². The molecule has 198 valence electrons. The van der Waals surface area contributed by atoms with E-state index in [2.05, 4.69) is 62.2 Å². The van der Waals surface area contributed by atoms with E-state index in [-0.39, 0.29) is 5.91 Å². The van der Waals surface area contributed by atoms with Crippen molar-refractivity contribution >= 4 is 39.7 Å². The van der Waals surface area contributed by atoms with Gasteiger partial charge >= 0.3 is 0 Å². The number of fused-ring (bicyclic) bond motifs is 1. The van der Waals surface area contributed by atoms with Crippen LogP contribution in [-0.2, 0) is 11.8 Å². The second-order valence-electron chi connectivity index (χ2n) is 9.30. The molecule has 4 rings (SSSR count). The van der Waals surface area contributed by atoms with E-state index >= 15 is 0 Å². The highest BCUT2D eigenvalue weighted by atomic mass is 16.5. The van der Waals surface area contributed by atoms with Gasteiger partial charge in [0.15, 0.2) is 0 Å². The van der Waals surface area contributed by atoms with Crippen LogP contribution in [0, 0.1) is 0 Å². The lowest BCUT2D eigenvalue weighted by molar-refractivity contribution is -0.111. The van der Waals surface area contributed by atoms with Crippen LogP contribution < -0.4 is 20.3 Å². The summed E-state index contributed by atoms with van der Waals surface area (Å²) in [5.41, 5.74) is 4.91. The Bertz CT molecular complexity index is 1450. The first-order valence-electron chi connectivity index (χ1n) is 12.3. The third-order valence-electron chi connectivity index (χ3n) is 6.24. The minimum atomic E-state index is -0.292. The third-order valence-corrected chi connectivity index (χ3v) is 6.24. The first kappa shape index (κ1) is 26.6. The number of ether oxygens (including phenoxy) is 1. The van der Waals surface area contributed by atoms with Crippen molar-refractivity contribution in [3.8, 4) is 17.0 Å². The van der Waals surface area contributed by atoms with E-state index in [0.717, 1.165) is 47.4 Å². The highest BCUT2D eigenvalue weighted by Crippen LogP contribution is 2.38. The lowest BCUT2D eigenvalue weighted by Crippen LogP contribution is -2.24. The van der Waals surface area contributed by atoms with Crippen LogP contribution in [0.4, 0.5) is 22.9 Å². The van der Waals surface area contributed by atoms with Crippen molar-refractivity contribution in [1.82, 2.24) is 24.6 Å². The molecule has 2 aromatic carbocycles. The van der Waals surface area contributed by atoms with E-state index in [1.165, 1.54) is 12.4 Å². The zero-order valence-corrected chi connectivity index (χ0v) is 22.5. The van der Waals surface area contributed by atoms with Crippen LogP contribution in [0.3, 0.4) is 0 Å². The Hall–Kier alpha value is -4.44. The summed E-state index contributed by atoms with van der Waals surface area (Å²) in [7, 11) is 9.63. The quantitative estimate of drug-likeness (QED) is 0.286. The molecule has 10 nitrogen and oxygen atoms in total. The van der Waals surface area contributed by atoms with Crippen molar-refractivity contribution in [2.75, 3.05) is 56.9 Å². The molecule has 0 saturated carbocycles. The van der Waals surface area contributed by atoms with Crippen molar-refractivity contribution < 1.29 is 9.53 Å². The molecule has 0 aliphatic carbocycles. The molecule has 2 N–H and O–H groups in total. The maximum Gasteiger partial charge on any atom is 0.247 e. The van der Waals surface area contributed by atoms with E-state index < -0.39 is 0 Å². The van der Waals surface area contributed by atoms with Gasteiger partial charge in [0.2, 0.25) is 5.91 Å². The molecule has 0 aliphatic heterocycles. The van der Waals surface area contributed by atoms with E-state index in [4.69, 9.17) is 4.74 Å². The Morgan fingerprint density at radius 2 is 1.92 bits per heavy atom. The standard InChI is InChI=1S/C28H34N8O2/c1-7-28(37)33-22-14-23(26(38-6)16-25(22)35(4)12-8-11-34(2)3)32-27-15-21(29-18-30-27)19-9-10-24-20(13-19)17-31-36(24)5/h7,9-10,13-18H,1,8,11-12H2,2-6H3,(H,33,37)(H,29,30,32). The number of carbonyl (C=O) groups is 1. The molecular formula is C28H34N8O2. The van der Waals surface area contributed by atoms with Gasteiger partial charge in [0.1, 0.15) is 17.9 Å². The molecule has 10 heteroatoms. The molecule has 0 bridgehead atoms. The summed E-state index contributed by atoms with van der Waals surface area (Å²) in [6, 6.07) is 11.7. The van der Waals surface area contributed by atoms with Gasteiger partial charge in [0.25, 0.3) is 0 Å².